The Bertz CT molecular complexity index is 644. The number of rotatable bonds is 1. The molecule has 2 atom stereocenters. The Morgan fingerprint density at radius 1 is 1.24 bits per heavy atom. The maximum Gasteiger partial charge on any atom is 0.322 e. The highest BCUT2D eigenvalue weighted by Crippen LogP contribution is 2.22. The minimum absolute atomic E-state index is 0.0636. The van der Waals surface area contributed by atoms with Crippen molar-refractivity contribution < 1.29 is 9.53 Å². The maximum atomic E-state index is 12.4. The molecule has 2 heterocycles. The second-order valence-electron chi connectivity index (χ2n) is 5.47. The molecule has 21 heavy (non-hydrogen) atoms. The topological polar surface area (TPSA) is 54.5 Å². The van der Waals surface area contributed by atoms with Crippen molar-refractivity contribution in [3.63, 3.8) is 0 Å². The molecule has 1 aliphatic heterocycles. The number of nitrogens with zero attached hydrogens (tertiary/aromatic N) is 2. The molecule has 0 saturated carbocycles. The first-order valence-corrected chi connectivity index (χ1v) is 7.18. The van der Waals surface area contributed by atoms with Crippen molar-refractivity contribution in [1.82, 2.24) is 9.88 Å². The fourth-order valence-corrected chi connectivity index (χ4v) is 2.75. The highest BCUT2D eigenvalue weighted by Gasteiger charge is 2.26. The number of morpholine rings is 1. The Kier molecular flexibility index (Phi) is 3.75. The van der Waals surface area contributed by atoms with Crippen molar-refractivity contribution in [1.29, 1.82) is 0 Å². The summed E-state index contributed by atoms with van der Waals surface area (Å²) in [5.74, 6) is 0. The van der Waals surface area contributed by atoms with Gasteiger partial charge < -0.3 is 15.0 Å². The molecule has 2 amide bonds. The van der Waals surface area contributed by atoms with E-state index in [2.05, 4.69) is 10.3 Å². The fraction of sp³-hybridized carbons (Fsp3) is 0.375. The molecule has 1 aliphatic rings. The molecule has 5 nitrogen and oxygen atoms in total. The first-order chi connectivity index (χ1) is 10.1. The average Bonchev–Trinajstić information content (AvgIpc) is 2.46. The van der Waals surface area contributed by atoms with Gasteiger partial charge in [-0.2, -0.15) is 0 Å². The third-order valence-electron chi connectivity index (χ3n) is 3.59. The molecule has 110 valence electrons. The van der Waals surface area contributed by atoms with Gasteiger partial charge in [-0.1, -0.05) is 6.07 Å². The quantitative estimate of drug-likeness (QED) is 0.876. The van der Waals surface area contributed by atoms with Crippen LogP contribution in [0.25, 0.3) is 10.9 Å². The van der Waals surface area contributed by atoms with Crippen molar-refractivity contribution in [3.05, 3.63) is 36.5 Å². The van der Waals surface area contributed by atoms with Crippen LogP contribution in [-0.4, -0.2) is 41.2 Å². The molecule has 0 radical (unpaired) electrons. The van der Waals surface area contributed by atoms with Gasteiger partial charge in [0, 0.05) is 24.7 Å². The number of benzene rings is 1. The fourth-order valence-electron chi connectivity index (χ4n) is 2.75. The lowest BCUT2D eigenvalue weighted by molar-refractivity contribution is -0.0530. The van der Waals surface area contributed by atoms with E-state index in [4.69, 9.17) is 4.74 Å². The van der Waals surface area contributed by atoms with Crippen molar-refractivity contribution in [2.24, 2.45) is 0 Å². The van der Waals surface area contributed by atoms with Gasteiger partial charge in [0.05, 0.1) is 23.4 Å². The van der Waals surface area contributed by atoms with Crippen LogP contribution in [-0.2, 0) is 4.74 Å². The normalized spacial score (nSPS) is 22.3. The average molecular weight is 285 g/mol. The summed E-state index contributed by atoms with van der Waals surface area (Å²) in [7, 11) is 0. The van der Waals surface area contributed by atoms with Gasteiger partial charge in [0.25, 0.3) is 0 Å². The van der Waals surface area contributed by atoms with E-state index < -0.39 is 0 Å². The molecule has 5 heteroatoms. The number of carbonyl (C=O) groups excluding carboxylic acids is 1. The molecule has 1 aromatic carbocycles. The highest BCUT2D eigenvalue weighted by molar-refractivity contribution is 6.00. The number of pyridine rings is 1. The number of amides is 2. The van der Waals surface area contributed by atoms with Gasteiger partial charge in [0.2, 0.25) is 0 Å². The molecule has 1 N–H and O–H groups in total. The van der Waals surface area contributed by atoms with E-state index in [0.717, 1.165) is 16.6 Å². The van der Waals surface area contributed by atoms with E-state index in [-0.39, 0.29) is 18.2 Å². The predicted octanol–water partition coefficient (Wildman–Crippen LogP) is 2.88. The lowest BCUT2D eigenvalue weighted by Crippen LogP contribution is -2.49. The molecule has 0 aliphatic carbocycles. The van der Waals surface area contributed by atoms with Crippen molar-refractivity contribution in [2.45, 2.75) is 26.1 Å². The first kappa shape index (κ1) is 13.8. The molecule has 1 fully saturated rings. The van der Waals surface area contributed by atoms with E-state index >= 15 is 0 Å². The van der Waals surface area contributed by atoms with Crippen LogP contribution >= 0.6 is 0 Å². The van der Waals surface area contributed by atoms with Crippen LogP contribution in [0.4, 0.5) is 10.5 Å². The maximum absolute atomic E-state index is 12.4. The highest BCUT2D eigenvalue weighted by atomic mass is 16.5. The monoisotopic (exact) mass is 285 g/mol. The van der Waals surface area contributed by atoms with Crippen LogP contribution < -0.4 is 5.32 Å². The van der Waals surface area contributed by atoms with Crippen LogP contribution in [0.5, 0.6) is 0 Å². The van der Waals surface area contributed by atoms with Gasteiger partial charge in [-0.3, -0.25) is 4.98 Å². The Hall–Kier alpha value is -2.14. The van der Waals surface area contributed by atoms with E-state index in [9.17, 15) is 4.79 Å². The number of anilines is 1. The van der Waals surface area contributed by atoms with Gasteiger partial charge in [0.1, 0.15) is 0 Å². The minimum Gasteiger partial charge on any atom is -0.372 e. The Labute approximate surface area is 123 Å². The Morgan fingerprint density at radius 2 is 2.00 bits per heavy atom. The summed E-state index contributed by atoms with van der Waals surface area (Å²) >= 11 is 0. The summed E-state index contributed by atoms with van der Waals surface area (Å²) < 4.78 is 5.66. The summed E-state index contributed by atoms with van der Waals surface area (Å²) in [6.07, 6.45) is 1.88. The van der Waals surface area contributed by atoms with Crippen molar-refractivity contribution >= 4 is 22.6 Å². The van der Waals surface area contributed by atoms with E-state index in [1.807, 2.05) is 44.2 Å². The molecule has 1 saturated heterocycles. The summed E-state index contributed by atoms with van der Waals surface area (Å²) in [4.78, 5) is 18.5. The summed E-state index contributed by atoms with van der Waals surface area (Å²) in [6, 6.07) is 9.47. The van der Waals surface area contributed by atoms with Crippen LogP contribution in [0.15, 0.2) is 36.5 Å². The predicted molar refractivity (Wildman–Crippen MR) is 82.3 cm³/mol. The molecule has 0 bridgehead atoms. The zero-order chi connectivity index (χ0) is 14.8. The lowest BCUT2D eigenvalue weighted by Gasteiger charge is -2.35. The van der Waals surface area contributed by atoms with Crippen LogP contribution in [0.1, 0.15) is 13.8 Å². The van der Waals surface area contributed by atoms with E-state index in [1.54, 1.807) is 11.1 Å². The number of hydrogen-bond acceptors (Lipinski definition) is 3. The number of nitrogens with one attached hydrogen (secondary N) is 1. The Morgan fingerprint density at radius 3 is 2.76 bits per heavy atom. The second kappa shape index (κ2) is 5.69. The number of ether oxygens (including phenoxy) is 1. The first-order valence-electron chi connectivity index (χ1n) is 7.18. The number of aromatic nitrogens is 1. The molecular formula is C16H19N3O2. The van der Waals surface area contributed by atoms with Gasteiger partial charge in [-0.15, -0.1) is 0 Å². The second-order valence-corrected chi connectivity index (χ2v) is 5.47. The third-order valence-corrected chi connectivity index (χ3v) is 3.59. The molecular weight excluding hydrogens is 266 g/mol. The zero-order valence-corrected chi connectivity index (χ0v) is 12.2. The van der Waals surface area contributed by atoms with Gasteiger partial charge in [-0.25, -0.2) is 4.79 Å². The van der Waals surface area contributed by atoms with Crippen LogP contribution in [0, 0.1) is 0 Å². The zero-order valence-electron chi connectivity index (χ0n) is 12.2. The van der Waals surface area contributed by atoms with Crippen molar-refractivity contribution in [2.75, 3.05) is 18.4 Å². The Balaban J connectivity index is 1.80. The molecule has 1 aromatic heterocycles. The summed E-state index contributed by atoms with van der Waals surface area (Å²) in [5.41, 5.74) is 1.66. The summed E-state index contributed by atoms with van der Waals surface area (Å²) in [5, 5.41) is 3.93. The van der Waals surface area contributed by atoms with Crippen LogP contribution in [0.3, 0.4) is 0 Å². The van der Waals surface area contributed by atoms with Gasteiger partial charge >= 0.3 is 6.03 Å². The smallest absolute Gasteiger partial charge is 0.322 e. The summed E-state index contributed by atoms with van der Waals surface area (Å²) in [6.45, 7) is 5.19. The standard InChI is InChI=1S/C16H19N3O2/c1-11-9-19(10-12(2)21-11)16(20)18-15-7-3-6-14-13(15)5-4-8-17-14/h3-8,11-12H,9-10H2,1-2H3,(H,18,20)/t11-,12-/m0/s1. The van der Waals surface area contributed by atoms with Gasteiger partial charge in [-0.05, 0) is 38.1 Å². The third kappa shape index (κ3) is 2.97. The number of fused-ring (bicyclic) bond motifs is 1. The van der Waals surface area contributed by atoms with E-state index in [0.29, 0.717) is 13.1 Å². The number of urea groups is 1. The number of carbonyl (C=O) groups is 1. The van der Waals surface area contributed by atoms with Gasteiger partial charge in [0.15, 0.2) is 0 Å². The minimum atomic E-state index is -0.0895. The van der Waals surface area contributed by atoms with E-state index in [1.165, 1.54) is 0 Å². The molecule has 3 rings (SSSR count). The number of hydrogen-bond donors (Lipinski definition) is 1. The largest absolute Gasteiger partial charge is 0.372 e. The molecule has 2 aromatic rings. The molecule has 0 spiro atoms. The van der Waals surface area contributed by atoms with Crippen LogP contribution in [0.2, 0.25) is 0 Å². The lowest BCUT2D eigenvalue weighted by atomic mass is 10.2. The molecule has 0 unspecified atom stereocenters. The van der Waals surface area contributed by atoms with Crippen molar-refractivity contribution in [3.8, 4) is 0 Å². The SMILES string of the molecule is C[C@H]1CN(C(=O)Nc2cccc3ncccc23)C[C@H](C)O1.